The van der Waals surface area contributed by atoms with Crippen molar-refractivity contribution in [3.63, 3.8) is 0 Å². The molecule has 0 amide bonds. The molecule has 0 spiro atoms. The molecule has 0 saturated carbocycles. The molecule has 0 bridgehead atoms. The van der Waals surface area contributed by atoms with E-state index in [2.05, 4.69) is 20.8 Å². The van der Waals surface area contributed by atoms with E-state index < -0.39 is 5.50 Å². The van der Waals surface area contributed by atoms with Gasteiger partial charge in [0.25, 0.3) is 0 Å². The van der Waals surface area contributed by atoms with Gasteiger partial charge in [-0.25, -0.2) is 0 Å². The average Bonchev–Trinajstić information content (AvgIpc) is 2.55. The van der Waals surface area contributed by atoms with Crippen LogP contribution in [0.15, 0.2) is 0 Å². The second kappa shape index (κ2) is 8.91. The Hall–Kier alpha value is -0.135. The molecule has 26 heavy (non-hydrogen) atoms. The fraction of sp³-hybridized carbons (Fsp3) is 1.00. The maximum absolute atomic E-state index is 6.62. The van der Waals surface area contributed by atoms with Gasteiger partial charge >= 0.3 is 0 Å². The summed E-state index contributed by atoms with van der Waals surface area (Å²) in [7, 11) is 6.62. The summed E-state index contributed by atoms with van der Waals surface area (Å²) < 4.78 is 30.0. The predicted molar refractivity (Wildman–Crippen MR) is 100 cm³/mol. The molecule has 3 saturated heterocycles. The van der Waals surface area contributed by atoms with Crippen LogP contribution in [0, 0.1) is 5.92 Å². The number of ether oxygens (including phenoxy) is 5. The first-order chi connectivity index (χ1) is 12.4. The lowest BCUT2D eigenvalue weighted by Gasteiger charge is -2.42. The van der Waals surface area contributed by atoms with Crippen molar-refractivity contribution in [2.45, 2.75) is 102 Å². The summed E-state index contributed by atoms with van der Waals surface area (Å²) in [6.45, 7) is 8.66. The molecule has 5 nitrogen and oxygen atoms in total. The molecule has 0 aromatic heterocycles. The molecule has 3 rings (SSSR count). The van der Waals surface area contributed by atoms with Crippen molar-refractivity contribution >= 4 is 7.85 Å². The normalized spacial score (nSPS) is 45.7. The van der Waals surface area contributed by atoms with Gasteiger partial charge < -0.3 is 23.7 Å². The zero-order valence-electron chi connectivity index (χ0n) is 16.7. The van der Waals surface area contributed by atoms with Crippen molar-refractivity contribution in [1.29, 1.82) is 0 Å². The number of rotatable bonds is 4. The van der Waals surface area contributed by atoms with Crippen molar-refractivity contribution in [3.05, 3.63) is 0 Å². The molecule has 3 heterocycles. The molecule has 0 aliphatic carbocycles. The van der Waals surface area contributed by atoms with Crippen LogP contribution in [0.1, 0.15) is 72.1 Å². The summed E-state index contributed by atoms with van der Waals surface area (Å²) in [6.07, 6.45) is 6.74. The summed E-state index contributed by atoms with van der Waals surface area (Å²) in [4.78, 5) is 0. The van der Waals surface area contributed by atoms with E-state index in [1.165, 1.54) is 0 Å². The van der Waals surface area contributed by atoms with Crippen molar-refractivity contribution in [2.75, 3.05) is 19.8 Å². The van der Waals surface area contributed by atoms with Gasteiger partial charge in [0.1, 0.15) is 7.85 Å². The molecule has 0 aromatic carbocycles. The van der Waals surface area contributed by atoms with Gasteiger partial charge in [-0.3, -0.25) is 0 Å². The molecule has 2 radical (unpaired) electrons. The second-order valence-corrected chi connectivity index (χ2v) is 8.76. The van der Waals surface area contributed by atoms with E-state index in [1.807, 2.05) is 0 Å². The zero-order valence-corrected chi connectivity index (χ0v) is 16.7. The molecule has 3 aliphatic rings. The molecule has 148 valence electrons. The average molecular weight is 366 g/mol. The van der Waals surface area contributed by atoms with Gasteiger partial charge in [-0.15, -0.1) is 0 Å². The first kappa shape index (κ1) is 20.6. The van der Waals surface area contributed by atoms with Crippen molar-refractivity contribution in [3.8, 4) is 0 Å². The monoisotopic (exact) mass is 366 g/mol. The summed E-state index contributed by atoms with van der Waals surface area (Å²) in [5.41, 5.74) is -0.849. The molecule has 3 fully saturated rings. The quantitative estimate of drug-likeness (QED) is 0.713. The highest BCUT2D eigenvalue weighted by Crippen LogP contribution is 2.34. The molecule has 6 atom stereocenters. The summed E-state index contributed by atoms with van der Waals surface area (Å²) in [5.74, 6) is 0.626. The summed E-state index contributed by atoms with van der Waals surface area (Å²) in [5, 5.41) is 0. The van der Waals surface area contributed by atoms with E-state index in [-0.39, 0.29) is 24.3 Å². The highest BCUT2D eigenvalue weighted by Gasteiger charge is 2.37. The van der Waals surface area contributed by atoms with E-state index in [4.69, 9.17) is 31.5 Å². The fourth-order valence-electron chi connectivity index (χ4n) is 4.30. The van der Waals surface area contributed by atoms with Gasteiger partial charge in [0, 0.05) is 44.6 Å². The Balaban J connectivity index is 1.54. The standard InChI is InChI=1S/C20H35BO5/c1-15-6-11-24-18(13-15)26-20(21)7-4-10-23-17(5-8-20)25-19(3)9-12-22-16(2)14-19/h15-18H,4-14H2,1-3H3. The zero-order chi connectivity index (χ0) is 18.6. The van der Waals surface area contributed by atoms with Crippen LogP contribution in [0.25, 0.3) is 0 Å². The Bertz CT molecular complexity index is 450. The van der Waals surface area contributed by atoms with Crippen LogP contribution < -0.4 is 0 Å². The van der Waals surface area contributed by atoms with Crippen LogP contribution >= 0.6 is 0 Å². The molecule has 6 heteroatoms. The van der Waals surface area contributed by atoms with E-state index in [9.17, 15) is 0 Å². The van der Waals surface area contributed by atoms with Crippen LogP contribution in [0.2, 0.25) is 0 Å². The largest absolute Gasteiger partial charge is 0.378 e. The Labute approximate surface area is 159 Å². The first-order valence-electron chi connectivity index (χ1n) is 10.4. The van der Waals surface area contributed by atoms with Crippen LogP contribution in [0.3, 0.4) is 0 Å². The maximum Gasteiger partial charge on any atom is 0.158 e. The minimum atomic E-state index is -0.656. The third kappa shape index (κ3) is 5.93. The van der Waals surface area contributed by atoms with Gasteiger partial charge in [-0.2, -0.15) is 0 Å². The third-order valence-electron chi connectivity index (χ3n) is 5.90. The van der Waals surface area contributed by atoms with Gasteiger partial charge in [-0.05, 0) is 51.9 Å². The highest BCUT2D eigenvalue weighted by atomic mass is 16.7. The van der Waals surface area contributed by atoms with Gasteiger partial charge in [-0.1, -0.05) is 6.92 Å². The highest BCUT2D eigenvalue weighted by molar-refractivity contribution is 6.14. The van der Waals surface area contributed by atoms with Crippen molar-refractivity contribution in [2.24, 2.45) is 5.92 Å². The SMILES string of the molecule is [B]C1(OC2CC(C)CCO2)CCCOC(OC2(C)CCOC(C)C2)CC1. The lowest BCUT2D eigenvalue weighted by atomic mass is 9.73. The Kier molecular flexibility index (Phi) is 7.06. The smallest absolute Gasteiger partial charge is 0.158 e. The van der Waals surface area contributed by atoms with Crippen molar-refractivity contribution < 1.29 is 23.7 Å². The third-order valence-corrected chi connectivity index (χ3v) is 5.90. The minimum Gasteiger partial charge on any atom is -0.378 e. The predicted octanol–water partition coefficient (Wildman–Crippen LogP) is 3.53. The number of hydrogen-bond donors (Lipinski definition) is 0. The topological polar surface area (TPSA) is 46.2 Å². The van der Waals surface area contributed by atoms with E-state index in [0.717, 1.165) is 58.2 Å². The molecule has 0 aromatic rings. The van der Waals surface area contributed by atoms with Gasteiger partial charge in [0.15, 0.2) is 12.6 Å². The summed E-state index contributed by atoms with van der Waals surface area (Å²) in [6, 6.07) is 0. The van der Waals surface area contributed by atoms with E-state index in [0.29, 0.717) is 18.9 Å². The van der Waals surface area contributed by atoms with Crippen LogP contribution in [0.5, 0.6) is 0 Å². The van der Waals surface area contributed by atoms with Crippen LogP contribution in [-0.2, 0) is 23.7 Å². The second-order valence-electron chi connectivity index (χ2n) is 8.76. The Morgan fingerprint density at radius 1 is 0.885 bits per heavy atom. The molecule has 0 N–H and O–H groups in total. The minimum absolute atomic E-state index is 0.183. The molecular weight excluding hydrogens is 331 g/mol. The number of hydrogen-bond acceptors (Lipinski definition) is 5. The van der Waals surface area contributed by atoms with E-state index >= 15 is 0 Å². The van der Waals surface area contributed by atoms with Gasteiger partial charge in [0.05, 0.1) is 11.7 Å². The van der Waals surface area contributed by atoms with Crippen LogP contribution in [-0.4, -0.2) is 57.5 Å². The van der Waals surface area contributed by atoms with Crippen LogP contribution in [0.4, 0.5) is 0 Å². The molecular formula is C20H35BO5. The van der Waals surface area contributed by atoms with Crippen molar-refractivity contribution in [1.82, 2.24) is 0 Å². The maximum atomic E-state index is 6.62. The fourth-order valence-corrected chi connectivity index (χ4v) is 4.30. The Morgan fingerprint density at radius 3 is 2.46 bits per heavy atom. The van der Waals surface area contributed by atoms with E-state index in [1.54, 1.807) is 0 Å². The lowest BCUT2D eigenvalue weighted by Crippen LogP contribution is -2.46. The summed E-state index contributed by atoms with van der Waals surface area (Å²) >= 11 is 0. The lowest BCUT2D eigenvalue weighted by molar-refractivity contribution is -0.251. The molecule has 3 aliphatic heterocycles. The molecule has 6 unspecified atom stereocenters. The Morgan fingerprint density at radius 2 is 1.69 bits per heavy atom. The van der Waals surface area contributed by atoms with Gasteiger partial charge in [0.2, 0.25) is 0 Å². The first-order valence-corrected chi connectivity index (χ1v) is 10.4.